The van der Waals surface area contributed by atoms with Gasteiger partial charge in [-0.25, -0.2) is 4.68 Å². The summed E-state index contributed by atoms with van der Waals surface area (Å²) in [7, 11) is 0. The first-order valence-electron chi connectivity index (χ1n) is 8.80. The number of carbonyl (C=O) groups excluding carboxylic acids is 2. The van der Waals surface area contributed by atoms with Crippen molar-refractivity contribution >= 4 is 17.6 Å². The summed E-state index contributed by atoms with van der Waals surface area (Å²) in [5.41, 5.74) is 0.985. The minimum atomic E-state index is -0.667. The van der Waals surface area contributed by atoms with Crippen LogP contribution in [0, 0.1) is 5.92 Å². The molecule has 1 saturated carbocycles. The van der Waals surface area contributed by atoms with Gasteiger partial charge in [0, 0.05) is 6.07 Å². The van der Waals surface area contributed by atoms with Gasteiger partial charge in [-0.3, -0.25) is 9.59 Å². The van der Waals surface area contributed by atoms with Crippen molar-refractivity contribution in [2.75, 3.05) is 5.32 Å². The fraction of sp³-hybridized carbons (Fsp3) is 0.421. The largest absolute Gasteiger partial charge is 0.341 e. The van der Waals surface area contributed by atoms with Gasteiger partial charge in [0.15, 0.2) is 0 Å². The lowest BCUT2D eigenvalue weighted by Gasteiger charge is -2.18. The van der Waals surface area contributed by atoms with Crippen molar-refractivity contribution in [3.63, 3.8) is 0 Å². The van der Waals surface area contributed by atoms with Gasteiger partial charge in [0.25, 0.3) is 0 Å². The summed E-state index contributed by atoms with van der Waals surface area (Å²) in [6.45, 7) is 4.06. The molecule has 0 unspecified atom stereocenters. The molecule has 2 aromatic rings. The number of carbonyl (C=O) groups is 2. The molecule has 6 nitrogen and oxygen atoms in total. The fourth-order valence-corrected chi connectivity index (χ4v) is 3.02. The number of hydrogen-bond acceptors (Lipinski definition) is 3. The standard InChI is InChI=1S/C19H24N4O2/c1-3-16(15-7-5-4-6-8-15)21-18(24)19(25)22-17-11-12-20-23(17)13(2)14-9-10-14/h4-8,11-14,16H,3,9-10H2,1-2H3,(H,21,24)(H,22,25)/t13-,16+/m1/s1. The van der Waals surface area contributed by atoms with E-state index in [0.29, 0.717) is 18.2 Å². The van der Waals surface area contributed by atoms with Crippen LogP contribution in [0.3, 0.4) is 0 Å². The maximum absolute atomic E-state index is 12.3. The number of anilines is 1. The van der Waals surface area contributed by atoms with Crippen molar-refractivity contribution in [1.82, 2.24) is 15.1 Å². The van der Waals surface area contributed by atoms with Crippen LogP contribution < -0.4 is 10.6 Å². The average Bonchev–Trinajstić information content (AvgIpc) is 3.39. The fourth-order valence-electron chi connectivity index (χ4n) is 3.02. The highest BCUT2D eigenvalue weighted by molar-refractivity contribution is 6.39. The average molecular weight is 340 g/mol. The first-order valence-corrected chi connectivity index (χ1v) is 8.80. The molecule has 1 aromatic heterocycles. The van der Waals surface area contributed by atoms with E-state index < -0.39 is 11.8 Å². The molecule has 0 radical (unpaired) electrons. The quantitative estimate of drug-likeness (QED) is 0.794. The van der Waals surface area contributed by atoms with Crippen molar-refractivity contribution in [1.29, 1.82) is 0 Å². The summed E-state index contributed by atoms with van der Waals surface area (Å²) in [4.78, 5) is 24.6. The Morgan fingerprint density at radius 1 is 1.20 bits per heavy atom. The molecule has 1 aromatic carbocycles. The Morgan fingerprint density at radius 2 is 1.92 bits per heavy atom. The number of aromatic nitrogens is 2. The Labute approximate surface area is 147 Å². The lowest BCUT2D eigenvalue weighted by Crippen LogP contribution is -2.38. The van der Waals surface area contributed by atoms with Gasteiger partial charge in [0.05, 0.1) is 18.3 Å². The number of nitrogens with zero attached hydrogens (tertiary/aromatic N) is 2. The first-order chi connectivity index (χ1) is 12.1. The third-order valence-corrected chi connectivity index (χ3v) is 4.72. The van der Waals surface area contributed by atoms with E-state index in [0.717, 1.165) is 5.56 Å². The Hall–Kier alpha value is -2.63. The molecule has 1 aliphatic rings. The lowest BCUT2D eigenvalue weighted by atomic mass is 10.0. The predicted molar refractivity (Wildman–Crippen MR) is 95.9 cm³/mol. The zero-order valence-electron chi connectivity index (χ0n) is 14.6. The minimum absolute atomic E-state index is 0.185. The summed E-state index contributed by atoms with van der Waals surface area (Å²) in [6.07, 6.45) is 4.72. The van der Waals surface area contributed by atoms with E-state index in [-0.39, 0.29) is 12.1 Å². The third-order valence-electron chi connectivity index (χ3n) is 4.72. The summed E-state index contributed by atoms with van der Waals surface area (Å²) >= 11 is 0. The van der Waals surface area contributed by atoms with Crippen LogP contribution in [0.4, 0.5) is 5.82 Å². The number of benzene rings is 1. The molecule has 1 heterocycles. The van der Waals surface area contributed by atoms with Crippen LogP contribution in [0.1, 0.15) is 50.8 Å². The van der Waals surface area contributed by atoms with Crippen LogP contribution in [0.15, 0.2) is 42.6 Å². The number of amides is 2. The molecular formula is C19H24N4O2. The van der Waals surface area contributed by atoms with Crippen molar-refractivity contribution < 1.29 is 9.59 Å². The number of rotatable bonds is 6. The zero-order chi connectivity index (χ0) is 17.8. The van der Waals surface area contributed by atoms with E-state index in [2.05, 4.69) is 22.7 Å². The summed E-state index contributed by atoms with van der Waals surface area (Å²) < 4.78 is 1.79. The third kappa shape index (κ3) is 4.07. The van der Waals surface area contributed by atoms with Crippen LogP contribution in [0.2, 0.25) is 0 Å². The molecule has 0 saturated heterocycles. The molecular weight excluding hydrogens is 316 g/mol. The van der Waals surface area contributed by atoms with Gasteiger partial charge in [-0.2, -0.15) is 5.10 Å². The minimum Gasteiger partial charge on any atom is -0.341 e. The van der Waals surface area contributed by atoms with Crippen LogP contribution in [0.25, 0.3) is 0 Å². The van der Waals surface area contributed by atoms with Gasteiger partial charge >= 0.3 is 11.8 Å². The molecule has 1 fully saturated rings. The van der Waals surface area contributed by atoms with E-state index in [9.17, 15) is 9.59 Å². The van der Waals surface area contributed by atoms with Crippen molar-refractivity contribution in [3.8, 4) is 0 Å². The molecule has 25 heavy (non-hydrogen) atoms. The number of hydrogen-bond donors (Lipinski definition) is 2. The molecule has 6 heteroatoms. The second-order valence-corrected chi connectivity index (χ2v) is 6.54. The highest BCUT2D eigenvalue weighted by atomic mass is 16.2. The van der Waals surface area contributed by atoms with Crippen LogP contribution in [-0.2, 0) is 9.59 Å². The Balaban J connectivity index is 1.63. The molecule has 0 spiro atoms. The highest BCUT2D eigenvalue weighted by Gasteiger charge is 2.31. The monoisotopic (exact) mass is 340 g/mol. The second-order valence-electron chi connectivity index (χ2n) is 6.54. The molecule has 0 aliphatic heterocycles. The Bertz CT molecular complexity index is 737. The summed E-state index contributed by atoms with van der Waals surface area (Å²) in [5, 5.41) is 9.77. The van der Waals surface area contributed by atoms with E-state index in [1.165, 1.54) is 12.8 Å². The van der Waals surface area contributed by atoms with Crippen molar-refractivity contribution in [2.24, 2.45) is 5.92 Å². The molecule has 2 atom stereocenters. The first kappa shape index (κ1) is 17.2. The van der Waals surface area contributed by atoms with E-state index in [1.54, 1.807) is 16.9 Å². The van der Waals surface area contributed by atoms with Gasteiger partial charge in [0.1, 0.15) is 5.82 Å². The number of nitrogens with one attached hydrogen (secondary N) is 2. The van der Waals surface area contributed by atoms with E-state index >= 15 is 0 Å². The molecule has 1 aliphatic carbocycles. The molecule has 0 bridgehead atoms. The maximum atomic E-state index is 12.3. The second kappa shape index (κ2) is 7.51. The van der Waals surface area contributed by atoms with Gasteiger partial charge in [-0.05, 0) is 37.7 Å². The van der Waals surface area contributed by atoms with Gasteiger partial charge in [-0.15, -0.1) is 0 Å². The van der Waals surface area contributed by atoms with Crippen LogP contribution in [-0.4, -0.2) is 21.6 Å². The van der Waals surface area contributed by atoms with E-state index in [4.69, 9.17) is 0 Å². The molecule has 2 amide bonds. The smallest absolute Gasteiger partial charge is 0.314 e. The predicted octanol–water partition coefficient (Wildman–Crippen LogP) is 3.06. The van der Waals surface area contributed by atoms with E-state index in [1.807, 2.05) is 37.3 Å². The topological polar surface area (TPSA) is 76.0 Å². The lowest BCUT2D eigenvalue weighted by molar-refractivity contribution is -0.136. The summed E-state index contributed by atoms with van der Waals surface area (Å²) in [5.74, 6) is -0.138. The van der Waals surface area contributed by atoms with Crippen molar-refractivity contribution in [3.05, 3.63) is 48.2 Å². The Morgan fingerprint density at radius 3 is 2.56 bits per heavy atom. The molecule has 2 N–H and O–H groups in total. The normalized spacial score (nSPS) is 16.1. The van der Waals surface area contributed by atoms with Gasteiger partial charge in [0.2, 0.25) is 0 Å². The highest BCUT2D eigenvalue weighted by Crippen LogP contribution is 2.40. The summed E-state index contributed by atoms with van der Waals surface area (Å²) in [6, 6.07) is 11.4. The molecule has 3 rings (SSSR count). The zero-order valence-corrected chi connectivity index (χ0v) is 14.6. The Kier molecular flexibility index (Phi) is 5.16. The van der Waals surface area contributed by atoms with Gasteiger partial charge < -0.3 is 10.6 Å². The van der Waals surface area contributed by atoms with Crippen molar-refractivity contribution in [2.45, 2.75) is 45.2 Å². The maximum Gasteiger partial charge on any atom is 0.314 e. The van der Waals surface area contributed by atoms with Gasteiger partial charge in [-0.1, -0.05) is 37.3 Å². The SMILES string of the molecule is CC[C@H](NC(=O)C(=O)Nc1ccnn1[C@H](C)C1CC1)c1ccccc1. The van der Waals surface area contributed by atoms with Crippen LogP contribution in [0.5, 0.6) is 0 Å². The van der Waals surface area contributed by atoms with Crippen LogP contribution >= 0.6 is 0 Å². The molecule has 132 valence electrons.